The number of halogens is 1. The van der Waals surface area contributed by atoms with Gasteiger partial charge >= 0.3 is 6.03 Å². The third-order valence-electron chi connectivity index (χ3n) is 5.57. The van der Waals surface area contributed by atoms with Crippen molar-refractivity contribution in [3.05, 3.63) is 35.1 Å². The van der Waals surface area contributed by atoms with Gasteiger partial charge in [-0.25, -0.2) is 9.18 Å². The summed E-state index contributed by atoms with van der Waals surface area (Å²) in [6, 6.07) is 4.07. The highest BCUT2D eigenvalue weighted by Gasteiger charge is 2.57. The number of urea groups is 1. The molecule has 0 aliphatic carbocycles. The Morgan fingerprint density at radius 1 is 1.22 bits per heavy atom. The number of likely N-dealkylation sites (N-methyl/N-ethyl adjacent to an activating group) is 1. The second-order valence-corrected chi connectivity index (χ2v) is 7.94. The summed E-state index contributed by atoms with van der Waals surface area (Å²) in [7, 11) is 1.52. The van der Waals surface area contributed by atoms with Crippen molar-refractivity contribution >= 4 is 17.8 Å². The van der Waals surface area contributed by atoms with E-state index in [9.17, 15) is 18.8 Å². The van der Waals surface area contributed by atoms with E-state index in [2.05, 4.69) is 0 Å². The molecule has 146 valence electrons. The lowest BCUT2D eigenvalue weighted by Gasteiger charge is -2.42. The molecule has 2 aliphatic heterocycles. The average Bonchev–Trinajstić information content (AvgIpc) is 2.80. The fourth-order valence-electron chi connectivity index (χ4n) is 4.02. The molecule has 0 unspecified atom stereocenters. The number of hydrogen-bond acceptors (Lipinski definition) is 3. The van der Waals surface area contributed by atoms with Crippen molar-refractivity contribution in [3.8, 4) is 0 Å². The predicted molar refractivity (Wildman–Crippen MR) is 98.7 cm³/mol. The fraction of sp³-hybridized carbons (Fsp3) is 0.550. The van der Waals surface area contributed by atoms with E-state index in [1.807, 2.05) is 13.8 Å². The Morgan fingerprint density at radius 3 is 2.41 bits per heavy atom. The van der Waals surface area contributed by atoms with Gasteiger partial charge in [0, 0.05) is 32.2 Å². The largest absolute Gasteiger partial charge is 0.338 e. The van der Waals surface area contributed by atoms with E-state index in [1.165, 1.54) is 24.1 Å². The summed E-state index contributed by atoms with van der Waals surface area (Å²) in [5, 5.41) is 0. The van der Waals surface area contributed by atoms with Crippen LogP contribution in [-0.2, 0) is 4.79 Å². The molecule has 2 fully saturated rings. The first kappa shape index (κ1) is 19.3. The van der Waals surface area contributed by atoms with Crippen LogP contribution in [0.4, 0.5) is 9.18 Å². The maximum atomic E-state index is 13.5. The number of aryl methyl sites for hydroxylation is 1. The molecule has 0 N–H and O–H groups in total. The minimum Gasteiger partial charge on any atom is -0.338 e. The number of carbonyl (C=O) groups excluding carboxylic acids is 3. The summed E-state index contributed by atoms with van der Waals surface area (Å²) in [5.41, 5.74) is 0.0106. The molecule has 0 saturated carbocycles. The van der Waals surface area contributed by atoms with Crippen molar-refractivity contribution < 1.29 is 18.8 Å². The summed E-state index contributed by atoms with van der Waals surface area (Å²) in [6.45, 7) is 6.94. The summed E-state index contributed by atoms with van der Waals surface area (Å²) in [4.78, 5) is 42.7. The standard InChI is InChI=1S/C20H26FN3O3/c1-13(2)12-24-19(27)22(4)18(26)20(24)7-9-23(10-8-20)17(25)15-5-6-16(21)14(3)11-15/h5-6,11,13H,7-10,12H2,1-4H3. The van der Waals surface area contributed by atoms with Gasteiger partial charge in [0.05, 0.1) is 0 Å². The zero-order chi connectivity index (χ0) is 19.9. The molecular weight excluding hydrogens is 349 g/mol. The van der Waals surface area contributed by atoms with Crippen molar-refractivity contribution in [2.45, 2.75) is 39.2 Å². The minimum absolute atomic E-state index is 0.173. The molecular formula is C20H26FN3O3. The number of likely N-dealkylation sites (tertiary alicyclic amines) is 1. The van der Waals surface area contributed by atoms with Crippen LogP contribution in [0.15, 0.2) is 18.2 Å². The Morgan fingerprint density at radius 2 is 1.85 bits per heavy atom. The van der Waals surface area contributed by atoms with Gasteiger partial charge in [-0.1, -0.05) is 13.8 Å². The Bertz CT molecular complexity index is 785. The van der Waals surface area contributed by atoms with E-state index in [-0.39, 0.29) is 29.6 Å². The first-order valence-electron chi connectivity index (χ1n) is 9.32. The van der Waals surface area contributed by atoms with Gasteiger partial charge in [-0.3, -0.25) is 14.5 Å². The molecule has 3 rings (SSSR count). The van der Waals surface area contributed by atoms with Crippen LogP contribution in [0.5, 0.6) is 0 Å². The van der Waals surface area contributed by atoms with Crippen molar-refractivity contribution in [2.75, 3.05) is 26.7 Å². The van der Waals surface area contributed by atoms with Crippen LogP contribution in [-0.4, -0.2) is 64.8 Å². The van der Waals surface area contributed by atoms with E-state index in [1.54, 1.807) is 22.8 Å². The number of hydrogen-bond donors (Lipinski definition) is 0. The van der Waals surface area contributed by atoms with Gasteiger partial charge in [0.15, 0.2) is 0 Å². The topological polar surface area (TPSA) is 60.9 Å². The van der Waals surface area contributed by atoms with Crippen LogP contribution in [0.2, 0.25) is 0 Å². The zero-order valence-corrected chi connectivity index (χ0v) is 16.3. The average molecular weight is 375 g/mol. The van der Waals surface area contributed by atoms with Crippen LogP contribution in [0.25, 0.3) is 0 Å². The third kappa shape index (κ3) is 3.19. The lowest BCUT2D eigenvalue weighted by Crippen LogP contribution is -2.58. The van der Waals surface area contributed by atoms with E-state index < -0.39 is 5.54 Å². The van der Waals surface area contributed by atoms with E-state index in [4.69, 9.17) is 0 Å². The summed E-state index contributed by atoms with van der Waals surface area (Å²) in [5.74, 6) is -0.454. The molecule has 7 heteroatoms. The number of imide groups is 1. The molecule has 2 heterocycles. The van der Waals surface area contributed by atoms with Gasteiger partial charge in [-0.2, -0.15) is 0 Å². The number of amides is 4. The van der Waals surface area contributed by atoms with Crippen LogP contribution in [0, 0.1) is 18.7 Å². The summed E-state index contributed by atoms with van der Waals surface area (Å²) >= 11 is 0. The van der Waals surface area contributed by atoms with Gasteiger partial charge in [-0.15, -0.1) is 0 Å². The Hall–Kier alpha value is -2.44. The Labute approximate surface area is 158 Å². The van der Waals surface area contributed by atoms with Crippen molar-refractivity contribution in [1.82, 2.24) is 14.7 Å². The fourth-order valence-corrected chi connectivity index (χ4v) is 4.02. The van der Waals surface area contributed by atoms with Crippen LogP contribution < -0.4 is 0 Å². The maximum absolute atomic E-state index is 13.5. The van der Waals surface area contributed by atoms with Crippen LogP contribution in [0.1, 0.15) is 42.6 Å². The summed E-state index contributed by atoms with van der Waals surface area (Å²) in [6.07, 6.45) is 0.834. The van der Waals surface area contributed by atoms with Gasteiger partial charge in [0.25, 0.3) is 11.8 Å². The van der Waals surface area contributed by atoms with Gasteiger partial charge in [0.1, 0.15) is 11.4 Å². The van der Waals surface area contributed by atoms with Gasteiger partial charge in [0.2, 0.25) is 0 Å². The lowest BCUT2D eigenvalue weighted by molar-refractivity contribution is -0.134. The Balaban J connectivity index is 1.78. The smallest absolute Gasteiger partial charge is 0.327 e. The molecule has 1 aromatic rings. The number of benzene rings is 1. The molecule has 2 aliphatic rings. The molecule has 2 saturated heterocycles. The molecule has 4 amide bonds. The molecule has 1 spiro atoms. The Kier molecular flexibility index (Phi) is 4.97. The van der Waals surface area contributed by atoms with E-state index >= 15 is 0 Å². The van der Waals surface area contributed by atoms with Crippen molar-refractivity contribution in [1.29, 1.82) is 0 Å². The normalized spacial score (nSPS) is 19.6. The molecule has 0 radical (unpaired) electrons. The highest BCUT2D eigenvalue weighted by atomic mass is 19.1. The van der Waals surface area contributed by atoms with Crippen molar-refractivity contribution in [3.63, 3.8) is 0 Å². The van der Waals surface area contributed by atoms with Crippen molar-refractivity contribution in [2.24, 2.45) is 5.92 Å². The molecule has 27 heavy (non-hydrogen) atoms. The first-order valence-corrected chi connectivity index (χ1v) is 9.32. The quantitative estimate of drug-likeness (QED) is 0.763. The number of rotatable bonds is 3. The van der Waals surface area contributed by atoms with Crippen LogP contribution in [0.3, 0.4) is 0 Å². The SMILES string of the molecule is Cc1cc(C(=O)N2CCC3(CC2)C(=O)N(C)C(=O)N3CC(C)C)ccc1F. The molecule has 0 atom stereocenters. The predicted octanol–water partition coefficient (Wildman–Crippen LogP) is 2.66. The minimum atomic E-state index is -0.856. The van der Waals surface area contributed by atoms with Gasteiger partial charge in [-0.05, 0) is 49.4 Å². The summed E-state index contributed by atoms with van der Waals surface area (Å²) < 4.78 is 13.5. The second kappa shape index (κ2) is 6.94. The second-order valence-electron chi connectivity index (χ2n) is 7.94. The molecule has 6 nitrogen and oxygen atoms in total. The molecule has 0 aromatic heterocycles. The maximum Gasteiger partial charge on any atom is 0.327 e. The van der Waals surface area contributed by atoms with Crippen LogP contribution >= 0.6 is 0 Å². The van der Waals surface area contributed by atoms with E-state index in [0.717, 1.165) is 0 Å². The highest BCUT2D eigenvalue weighted by Crippen LogP contribution is 2.37. The van der Waals surface area contributed by atoms with Gasteiger partial charge < -0.3 is 9.80 Å². The highest BCUT2D eigenvalue weighted by molar-refractivity contribution is 6.07. The first-order chi connectivity index (χ1) is 12.7. The molecule has 0 bridgehead atoms. The monoisotopic (exact) mass is 375 g/mol. The number of nitrogens with zero attached hydrogens (tertiary/aromatic N) is 3. The molecule has 1 aromatic carbocycles. The number of carbonyl (C=O) groups is 3. The third-order valence-corrected chi connectivity index (χ3v) is 5.57. The lowest BCUT2D eigenvalue weighted by atomic mass is 9.85. The number of piperidine rings is 1. The zero-order valence-electron chi connectivity index (χ0n) is 16.3. The van der Waals surface area contributed by atoms with E-state index in [0.29, 0.717) is 43.6 Å².